The molecule has 34 heavy (non-hydrogen) atoms. The van der Waals surface area contributed by atoms with Gasteiger partial charge in [-0.05, 0) is 65.7 Å². The summed E-state index contributed by atoms with van der Waals surface area (Å²) < 4.78 is 11.4. The highest BCUT2D eigenvalue weighted by Gasteiger charge is 2.23. The minimum Gasteiger partial charge on any atom is -0.497 e. The molecule has 0 N–H and O–H groups in total. The van der Waals surface area contributed by atoms with Crippen molar-refractivity contribution >= 4 is 34.8 Å². The molecule has 2 heterocycles. The summed E-state index contributed by atoms with van der Waals surface area (Å²) in [7, 11) is 1.70. The molecule has 1 aliphatic heterocycles. The highest BCUT2D eigenvalue weighted by molar-refractivity contribution is 7.99. The van der Waals surface area contributed by atoms with Gasteiger partial charge in [-0.2, -0.15) is 0 Å². The average molecular weight is 487 g/mol. The van der Waals surface area contributed by atoms with E-state index in [0.717, 1.165) is 40.4 Å². The van der Waals surface area contributed by atoms with E-state index in [2.05, 4.69) is 47.4 Å². The van der Waals surface area contributed by atoms with Gasteiger partial charge in [0.15, 0.2) is 0 Å². The Morgan fingerprint density at radius 3 is 2.59 bits per heavy atom. The van der Waals surface area contributed by atoms with E-state index in [9.17, 15) is 0 Å². The molecule has 0 fully saturated rings. The molecule has 0 amide bonds. The molecule has 0 spiro atoms. The number of nitrogens with zero attached hydrogens (tertiary/aromatic N) is 2. The molecular formula is C28H23ClN2O2S. The minimum atomic E-state index is 0.228. The number of para-hydroxylation sites is 1. The Balaban J connectivity index is 1.39. The van der Waals surface area contributed by atoms with Crippen molar-refractivity contribution in [2.45, 2.75) is 23.2 Å². The molecule has 0 bridgehead atoms. The van der Waals surface area contributed by atoms with Crippen LogP contribution in [0.2, 0.25) is 5.15 Å². The van der Waals surface area contributed by atoms with Crippen LogP contribution in [-0.2, 0) is 6.61 Å². The van der Waals surface area contributed by atoms with Crippen molar-refractivity contribution in [1.29, 1.82) is 0 Å². The van der Waals surface area contributed by atoms with Gasteiger partial charge in [-0.25, -0.2) is 4.98 Å². The molecule has 1 aromatic heterocycles. The number of hydrogen-bond donors (Lipinski definition) is 0. The molecule has 1 unspecified atom stereocenters. The number of ether oxygens (including phenoxy) is 2. The number of aromatic nitrogens is 1. The smallest absolute Gasteiger partial charge is 0.129 e. The number of thioether (sulfide) groups is 1. The molecule has 5 rings (SSSR count). The SMILES string of the molecule is COc1cccc(C2CC(c3ccc(OCc4ccc(Cl)nc4)cc3)=Nc3ccccc3S2)c1. The number of methoxy groups -OCH3 is 1. The van der Waals surface area contributed by atoms with Gasteiger partial charge in [-0.1, -0.05) is 41.9 Å². The summed E-state index contributed by atoms with van der Waals surface area (Å²) in [6.45, 7) is 0.437. The Morgan fingerprint density at radius 1 is 0.941 bits per heavy atom. The van der Waals surface area contributed by atoms with E-state index in [0.29, 0.717) is 11.8 Å². The van der Waals surface area contributed by atoms with E-state index in [4.69, 9.17) is 26.1 Å². The lowest BCUT2D eigenvalue weighted by Gasteiger charge is -2.17. The van der Waals surface area contributed by atoms with Crippen LogP contribution in [0.4, 0.5) is 5.69 Å². The third kappa shape index (κ3) is 5.27. The van der Waals surface area contributed by atoms with Crippen molar-refractivity contribution in [3.63, 3.8) is 0 Å². The molecule has 0 saturated heterocycles. The summed E-state index contributed by atoms with van der Waals surface area (Å²) >= 11 is 7.71. The largest absolute Gasteiger partial charge is 0.497 e. The summed E-state index contributed by atoms with van der Waals surface area (Å²) in [5.74, 6) is 1.67. The third-order valence-electron chi connectivity index (χ3n) is 5.62. The van der Waals surface area contributed by atoms with Crippen molar-refractivity contribution in [2.24, 2.45) is 4.99 Å². The summed E-state index contributed by atoms with van der Waals surface area (Å²) in [6, 6.07) is 28.4. The lowest BCUT2D eigenvalue weighted by atomic mass is 10.0. The van der Waals surface area contributed by atoms with Crippen LogP contribution in [0.3, 0.4) is 0 Å². The Bertz CT molecular complexity index is 1310. The van der Waals surface area contributed by atoms with Crippen molar-refractivity contribution in [2.75, 3.05) is 7.11 Å². The second-order valence-corrected chi connectivity index (χ2v) is 9.55. The number of rotatable bonds is 6. The highest BCUT2D eigenvalue weighted by Crippen LogP contribution is 2.46. The summed E-state index contributed by atoms with van der Waals surface area (Å²) in [6.07, 6.45) is 2.54. The first-order chi connectivity index (χ1) is 16.7. The number of pyridine rings is 1. The monoisotopic (exact) mass is 486 g/mol. The molecule has 1 atom stereocenters. The number of fused-ring (bicyclic) bond motifs is 1. The Labute approximate surface area is 208 Å². The summed E-state index contributed by atoms with van der Waals surface area (Å²) in [5, 5.41) is 0.704. The van der Waals surface area contributed by atoms with E-state index >= 15 is 0 Å². The lowest BCUT2D eigenvalue weighted by molar-refractivity contribution is 0.306. The zero-order valence-electron chi connectivity index (χ0n) is 18.6. The van der Waals surface area contributed by atoms with Gasteiger partial charge in [0.1, 0.15) is 23.3 Å². The van der Waals surface area contributed by atoms with Crippen molar-refractivity contribution in [3.8, 4) is 11.5 Å². The van der Waals surface area contributed by atoms with Crippen LogP contribution < -0.4 is 9.47 Å². The van der Waals surface area contributed by atoms with Crippen LogP contribution >= 0.6 is 23.4 Å². The van der Waals surface area contributed by atoms with E-state index in [1.165, 1.54) is 10.5 Å². The van der Waals surface area contributed by atoms with Gasteiger partial charge in [-0.15, -0.1) is 11.8 Å². The molecule has 6 heteroatoms. The second kappa shape index (κ2) is 10.3. The summed E-state index contributed by atoms with van der Waals surface area (Å²) in [4.78, 5) is 10.3. The minimum absolute atomic E-state index is 0.228. The van der Waals surface area contributed by atoms with Crippen LogP contribution in [0.5, 0.6) is 11.5 Å². The van der Waals surface area contributed by atoms with Gasteiger partial charge in [0.2, 0.25) is 0 Å². The van der Waals surface area contributed by atoms with Gasteiger partial charge < -0.3 is 9.47 Å². The average Bonchev–Trinajstić information content (AvgIpc) is 3.09. The van der Waals surface area contributed by atoms with Crippen LogP contribution in [-0.4, -0.2) is 17.8 Å². The topological polar surface area (TPSA) is 43.7 Å². The van der Waals surface area contributed by atoms with E-state index in [1.807, 2.05) is 48.2 Å². The fourth-order valence-electron chi connectivity index (χ4n) is 3.82. The molecule has 0 saturated carbocycles. The lowest BCUT2D eigenvalue weighted by Crippen LogP contribution is -2.06. The molecule has 0 radical (unpaired) electrons. The van der Waals surface area contributed by atoms with Gasteiger partial charge in [0.05, 0.1) is 12.8 Å². The zero-order chi connectivity index (χ0) is 23.3. The first-order valence-corrected chi connectivity index (χ1v) is 12.2. The molecule has 0 aliphatic carbocycles. The van der Waals surface area contributed by atoms with Crippen molar-refractivity contribution in [3.05, 3.63) is 113 Å². The van der Waals surface area contributed by atoms with E-state index < -0.39 is 0 Å². The predicted octanol–water partition coefficient (Wildman–Crippen LogP) is 7.68. The molecule has 3 aromatic carbocycles. The Hall–Kier alpha value is -3.28. The van der Waals surface area contributed by atoms with Crippen LogP contribution in [0.25, 0.3) is 0 Å². The second-order valence-electron chi connectivity index (χ2n) is 7.92. The molecular weight excluding hydrogens is 464 g/mol. The first-order valence-electron chi connectivity index (χ1n) is 11.0. The van der Waals surface area contributed by atoms with Crippen molar-refractivity contribution in [1.82, 2.24) is 4.98 Å². The predicted molar refractivity (Wildman–Crippen MR) is 139 cm³/mol. The van der Waals surface area contributed by atoms with Crippen molar-refractivity contribution < 1.29 is 9.47 Å². The third-order valence-corrected chi connectivity index (χ3v) is 7.16. The van der Waals surface area contributed by atoms with Gasteiger partial charge in [0.25, 0.3) is 0 Å². The Morgan fingerprint density at radius 2 is 1.79 bits per heavy atom. The number of hydrogen-bond acceptors (Lipinski definition) is 5. The number of aliphatic imine (C=N–C) groups is 1. The van der Waals surface area contributed by atoms with E-state index in [-0.39, 0.29) is 5.25 Å². The molecule has 4 nitrogen and oxygen atoms in total. The van der Waals surface area contributed by atoms with E-state index in [1.54, 1.807) is 19.4 Å². The van der Waals surface area contributed by atoms with Gasteiger partial charge >= 0.3 is 0 Å². The molecule has 170 valence electrons. The summed E-state index contributed by atoms with van der Waals surface area (Å²) in [5.41, 5.74) is 5.34. The van der Waals surface area contributed by atoms with Crippen LogP contribution in [0.15, 0.2) is 101 Å². The maximum atomic E-state index is 5.93. The maximum Gasteiger partial charge on any atom is 0.129 e. The normalized spacial score (nSPS) is 15.1. The number of benzene rings is 3. The van der Waals surface area contributed by atoms with Gasteiger partial charge in [0, 0.05) is 34.0 Å². The Kier molecular flexibility index (Phi) is 6.84. The number of halogens is 1. The fraction of sp³-hybridized carbons (Fsp3) is 0.143. The van der Waals surface area contributed by atoms with Crippen LogP contribution in [0.1, 0.15) is 28.4 Å². The fourth-order valence-corrected chi connectivity index (χ4v) is 5.16. The zero-order valence-corrected chi connectivity index (χ0v) is 20.2. The standard InChI is InChI=1S/C28H23ClN2O2S/c1-32-23-6-4-5-21(15-23)27-16-25(31-24-7-2-3-8-26(24)34-27)20-10-12-22(13-11-20)33-18-19-9-14-28(29)30-17-19/h2-15,17,27H,16,18H2,1H3. The molecule has 1 aliphatic rings. The van der Waals surface area contributed by atoms with Gasteiger partial charge in [-0.3, -0.25) is 4.99 Å². The quantitative estimate of drug-likeness (QED) is 0.262. The first kappa shape index (κ1) is 22.5. The highest BCUT2D eigenvalue weighted by atomic mass is 35.5. The van der Waals surface area contributed by atoms with Crippen LogP contribution in [0, 0.1) is 0 Å². The molecule has 4 aromatic rings. The maximum absolute atomic E-state index is 5.93.